The zero-order valence-electron chi connectivity index (χ0n) is 12.3. The first-order valence-corrected chi connectivity index (χ1v) is 7.44. The summed E-state index contributed by atoms with van der Waals surface area (Å²) < 4.78 is 0. The van der Waals surface area contributed by atoms with E-state index in [9.17, 15) is 14.7 Å². The quantitative estimate of drug-likeness (QED) is 0.869. The minimum atomic E-state index is -0.936. The van der Waals surface area contributed by atoms with Gasteiger partial charge in [0.25, 0.3) is 0 Å². The van der Waals surface area contributed by atoms with Crippen molar-refractivity contribution in [3.05, 3.63) is 29.3 Å². The summed E-state index contributed by atoms with van der Waals surface area (Å²) >= 11 is 0. The molecule has 5 nitrogen and oxygen atoms in total. The molecule has 0 fully saturated rings. The summed E-state index contributed by atoms with van der Waals surface area (Å²) in [5, 5.41) is 9.27. The fourth-order valence-electron chi connectivity index (χ4n) is 2.84. The maximum atomic E-state index is 12.5. The lowest BCUT2D eigenvalue weighted by molar-refractivity contribution is -0.119. The van der Waals surface area contributed by atoms with Gasteiger partial charge in [-0.3, -0.25) is 4.79 Å². The number of carbonyl (C=O) groups excluding carboxylic acids is 1. The van der Waals surface area contributed by atoms with Gasteiger partial charge in [-0.05, 0) is 43.0 Å². The summed E-state index contributed by atoms with van der Waals surface area (Å²) in [4.78, 5) is 25.5. The fourth-order valence-corrected chi connectivity index (χ4v) is 2.84. The number of anilines is 1. The molecule has 114 valence electrons. The number of hydrogen-bond donors (Lipinski definition) is 2. The van der Waals surface area contributed by atoms with E-state index in [1.165, 1.54) is 0 Å². The van der Waals surface area contributed by atoms with Crippen molar-refractivity contribution >= 4 is 17.6 Å². The summed E-state index contributed by atoms with van der Waals surface area (Å²) in [5.74, 6) is -0.712. The van der Waals surface area contributed by atoms with E-state index in [1.54, 1.807) is 17.0 Å². The molecule has 1 aromatic rings. The molecule has 3 N–H and O–H groups in total. The maximum Gasteiger partial charge on any atom is 0.336 e. The number of nitrogens with zero attached hydrogens (tertiary/aromatic N) is 1. The van der Waals surface area contributed by atoms with E-state index in [4.69, 9.17) is 5.73 Å². The van der Waals surface area contributed by atoms with Gasteiger partial charge in [0.15, 0.2) is 0 Å². The van der Waals surface area contributed by atoms with Crippen LogP contribution in [0.15, 0.2) is 18.2 Å². The molecule has 1 aromatic carbocycles. The second kappa shape index (κ2) is 6.72. The molecule has 1 unspecified atom stereocenters. The number of fused-ring (bicyclic) bond motifs is 1. The van der Waals surface area contributed by atoms with Gasteiger partial charge in [0.2, 0.25) is 5.91 Å². The zero-order valence-corrected chi connectivity index (χ0v) is 12.3. The third-order valence-corrected chi connectivity index (χ3v) is 4.16. The highest BCUT2D eigenvalue weighted by Crippen LogP contribution is 2.31. The topological polar surface area (TPSA) is 83.6 Å². The summed E-state index contributed by atoms with van der Waals surface area (Å²) in [6.07, 6.45) is 2.79. The number of amides is 1. The van der Waals surface area contributed by atoms with Gasteiger partial charge in [0.05, 0.1) is 5.56 Å². The van der Waals surface area contributed by atoms with Crippen LogP contribution in [0.25, 0.3) is 0 Å². The van der Waals surface area contributed by atoms with E-state index < -0.39 is 5.97 Å². The van der Waals surface area contributed by atoms with E-state index in [1.807, 2.05) is 13.0 Å². The van der Waals surface area contributed by atoms with Crippen molar-refractivity contribution in [1.29, 1.82) is 0 Å². The zero-order chi connectivity index (χ0) is 15.4. The van der Waals surface area contributed by atoms with Crippen LogP contribution in [-0.2, 0) is 11.2 Å². The predicted molar refractivity (Wildman–Crippen MR) is 81.5 cm³/mol. The van der Waals surface area contributed by atoms with Crippen LogP contribution in [0.3, 0.4) is 0 Å². The molecule has 1 heterocycles. The minimum absolute atomic E-state index is 0.0378. The monoisotopic (exact) mass is 290 g/mol. The van der Waals surface area contributed by atoms with Crippen molar-refractivity contribution in [3.63, 3.8) is 0 Å². The van der Waals surface area contributed by atoms with E-state index in [0.717, 1.165) is 24.1 Å². The van der Waals surface area contributed by atoms with Gasteiger partial charge in [-0.1, -0.05) is 19.4 Å². The van der Waals surface area contributed by atoms with Crippen molar-refractivity contribution in [1.82, 2.24) is 0 Å². The Morgan fingerprint density at radius 3 is 2.81 bits per heavy atom. The van der Waals surface area contributed by atoms with Crippen molar-refractivity contribution in [3.8, 4) is 0 Å². The van der Waals surface area contributed by atoms with Gasteiger partial charge < -0.3 is 15.7 Å². The Kier molecular flexibility index (Phi) is 4.96. The molecule has 2 rings (SSSR count). The number of nitrogens with two attached hydrogens (primary N) is 1. The number of carboxylic acid groups (broad SMARTS) is 1. The van der Waals surface area contributed by atoms with Gasteiger partial charge in [-0.15, -0.1) is 0 Å². The van der Waals surface area contributed by atoms with Crippen LogP contribution in [0.1, 0.15) is 42.1 Å². The van der Waals surface area contributed by atoms with Crippen LogP contribution < -0.4 is 10.6 Å². The fraction of sp³-hybridized carbons (Fsp3) is 0.500. The van der Waals surface area contributed by atoms with E-state index in [2.05, 4.69) is 0 Å². The molecule has 0 bridgehead atoms. The van der Waals surface area contributed by atoms with Crippen LogP contribution in [0.4, 0.5) is 5.69 Å². The van der Waals surface area contributed by atoms with Crippen molar-refractivity contribution in [2.75, 3.05) is 18.0 Å². The molecular formula is C16H22N2O3. The highest BCUT2D eigenvalue weighted by Gasteiger charge is 2.26. The van der Waals surface area contributed by atoms with E-state index in [-0.39, 0.29) is 11.8 Å². The lowest BCUT2D eigenvalue weighted by Gasteiger charge is -2.31. The smallest absolute Gasteiger partial charge is 0.336 e. The number of carbonyl (C=O) groups is 2. The molecule has 0 aliphatic carbocycles. The summed E-state index contributed by atoms with van der Waals surface area (Å²) in [7, 11) is 0. The first kappa shape index (κ1) is 15.5. The van der Waals surface area contributed by atoms with E-state index >= 15 is 0 Å². The molecule has 1 amide bonds. The van der Waals surface area contributed by atoms with Crippen LogP contribution in [-0.4, -0.2) is 30.1 Å². The Morgan fingerprint density at radius 1 is 1.43 bits per heavy atom. The van der Waals surface area contributed by atoms with Gasteiger partial charge >= 0.3 is 5.97 Å². The standard InChI is InChI=1S/C16H22N2O3/c1-2-11(10-17)9-15(19)18-8-4-6-12-13(16(20)21)5-3-7-14(12)18/h3,5,7,11H,2,4,6,8-10,17H2,1H3,(H,20,21). The molecule has 1 aliphatic rings. The number of aromatic carboxylic acids is 1. The Hall–Kier alpha value is -1.88. The third-order valence-electron chi connectivity index (χ3n) is 4.16. The summed E-state index contributed by atoms with van der Waals surface area (Å²) in [6, 6.07) is 5.14. The molecule has 0 saturated heterocycles. The van der Waals surface area contributed by atoms with Crippen LogP contribution >= 0.6 is 0 Å². The molecule has 0 spiro atoms. The molecule has 1 aliphatic heterocycles. The van der Waals surface area contributed by atoms with Crippen molar-refractivity contribution in [2.45, 2.75) is 32.6 Å². The Morgan fingerprint density at radius 2 is 2.19 bits per heavy atom. The molecule has 21 heavy (non-hydrogen) atoms. The lowest BCUT2D eigenvalue weighted by atomic mass is 9.95. The van der Waals surface area contributed by atoms with Gasteiger partial charge in [0.1, 0.15) is 0 Å². The third kappa shape index (κ3) is 3.24. The minimum Gasteiger partial charge on any atom is -0.478 e. The average molecular weight is 290 g/mol. The Bertz CT molecular complexity index is 538. The highest BCUT2D eigenvalue weighted by molar-refractivity contribution is 5.98. The molecule has 1 atom stereocenters. The van der Waals surface area contributed by atoms with Gasteiger partial charge in [0, 0.05) is 18.7 Å². The number of carboxylic acids is 1. The normalized spacial score (nSPS) is 15.4. The van der Waals surface area contributed by atoms with Crippen LogP contribution in [0.2, 0.25) is 0 Å². The lowest BCUT2D eigenvalue weighted by Crippen LogP contribution is -2.37. The molecular weight excluding hydrogens is 268 g/mol. The SMILES string of the molecule is CCC(CN)CC(=O)N1CCCc2c(C(=O)O)cccc21. The molecule has 0 saturated carbocycles. The maximum absolute atomic E-state index is 12.5. The van der Waals surface area contributed by atoms with Gasteiger partial charge in [-0.2, -0.15) is 0 Å². The molecule has 5 heteroatoms. The van der Waals surface area contributed by atoms with Crippen molar-refractivity contribution < 1.29 is 14.7 Å². The van der Waals surface area contributed by atoms with Crippen LogP contribution in [0, 0.1) is 5.92 Å². The largest absolute Gasteiger partial charge is 0.478 e. The molecule has 0 aromatic heterocycles. The van der Waals surface area contributed by atoms with Gasteiger partial charge in [-0.25, -0.2) is 4.79 Å². The van der Waals surface area contributed by atoms with Crippen LogP contribution in [0.5, 0.6) is 0 Å². The Labute approximate surface area is 124 Å². The first-order chi connectivity index (χ1) is 10.1. The number of rotatable bonds is 5. The first-order valence-electron chi connectivity index (χ1n) is 7.44. The Balaban J connectivity index is 2.28. The van der Waals surface area contributed by atoms with Crippen molar-refractivity contribution in [2.24, 2.45) is 11.7 Å². The van der Waals surface area contributed by atoms with E-state index in [0.29, 0.717) is 31.5 Å². The second-order valence-corrected chi connectivity index (χ2v) is 5.47. The molecule has 0 radical (unpaired) electrons. The number of hydrogen-bond acceptors (Lipinski definition) is 3. The number of benzene rings is 1. The average Bonchev–Trinajstić information content (AvgIpc) is 2.50. The summed E-state index contributed by atoms with van der Waals surface area (Å²) in [5.41, 5.74) is 7.49. The second-order valence-electron chi connectivity index (χ2n) is 5.47. The predicted octanol–water partition coefficient (Wildman–Crippen LogP) is 2.04. The highest BCUT2D eigenvalue weighted by atomic mass is 16.4. The summed E-state index contributed by atoms with van der Waals surface area (Å²) in [6.45, 7) is 3.17.